The number of methoxy groups -OCH3 is 1. The average Bonchev–Trinajstić information content (AvgIpc) is 3.35. The van der Waals surface area contributed by atoms with E-state index in [0.29, 0.717) is 32.6 Å². The number of nitrogens with one attached hydrogen (secondary N) is 1. The molecule has 0 unspecified atom stereocenters. The monoisotopic (exact) mass is 453 g/mol. The van der Waals surface area contributed by atoms with Crippen molar-refractivity contribution in [2.24, 2.45) is 0 Å². The molecule has 1 aliphatic rings. The van der Waals surface area contributed by atoms with E-state index in [-0.39, 0.29) is 5.70 Å². The summed E-state index contributed by atoms with van der Waals surface area (Å²) < 4.78 is 5.18. The first-order valence-corrected chi connectivity index (χ1v) is 10.7. The van der Waals surface area contributed by atoms with E-state index >= 15 is 0 Å². The topological polar surface area (TPSA) is 61.9 Å². The fourth-order valence-corrected chi connectivity index (χ4v) is 4.33. The van der Waals surface area contributed by atoms with Crippen LogP contribution in [0.3, 0.4) is 0 Å². The minimum absolute atomic E-state index is 0.233. The maximum Gasteiger partial charge on any atom is 0.282 e. The molecular formula is C23H20ClN3O3S. The highest BCUT2D eigenvalue weighted by atomic mass is 35.5. The summed E-state index contributed by atoms with van der Waals surface area (Å²) in [7, 11) is 5.42. The van der Waals surface area contributed by atoms with Gasteiger partial charge < -0.3 is 15.0 Å². The Kier molecular flexibility index (Phi) is 5.71. The Bertz CT molecular complexity index is 1170. The van der Waals surface area contributed by atoms with Gasteiger partial charge in [-0.05, 0) is 53.9 Å². The Morgan fingerprint density at radius 2 is 1.77 bits per heavy atom. The molecule has 31 heavy (non-hydrogen) atoms. The normalized spacial score (nSPS) is 13.7. The Balaban J connectivity index is 1.74. The minimum atomic E-state index is -0.439. The van der Waals surface area contributed by atoms with E-state index in [9.17, 15) is 9.59 Å². The molecule has 0 radical (unpaired) electrons. The first kappa shape index (κ1) is 21.0. The highest BCUT2D eigenvalue weighted by Crippen LogP contribution is 2.37. The van der Waals surface area contributed by atoms with E-state index in [1.807, 2.05) is 60.8 Å². The molecule has 6 nitrogen and oxygen atoms in total. The molecule has 0 fully saturated rings. The third kappa shape index (κ3) is 3.89. The fourth-order valence-electron chi connectivity index (χ4n) is 3.31. The standard InChI is InChI=1S/C23H20ClN3O3S/c1-26(2)15-8-6-14(7-9-15)25-21-20(19-5-4-12-31-19)22(28)27(23(21)29)16-10-11-18(30-3)17(24)13-16/h4-13,25H,1-3H3. The van der Waals surface area contributed by atoms with Gasteiger partial charge >= 0.3 is 0 Å². The number of rotatable bonds is 6. The van der Waals surface area contributed by atoms with Crippen LogP contribution in [0.4, 0.5) is 17.1 Å². The summed E-state index contributed by atoms with van der Waals surface area (Å²) in [5.74, 6) is -0.373. The van der Waals surface area contributed by atoms with Gasteiger partial charge in [0.1, 0.15) is 11.4 Å². The molecule has 1 aromatic heterocycles. The summed E-state index contributed by atoms with van der Waals surface area (Å²) in [6.07, 6.45) is 0. The Morgan fingerprint density at radius 1 is 1.03 bits per heavy atom. The van der Waals surface area contributed by atoms with Crippen LogP contribution >= 0.6 is 22.9 Å². The van der Waals surface area contributed by atoms with Crippen LogP contribution in [0.2, 0.25) is 5.02 Å². The van der Waals surface area contributed by atoms with Gasteiger partial charge in [-0.15, -0.1) is 11.3 Å². The van der Waals surface area contributed by atoms with Gasteiger partial charge in [0.25, 0.3) is 11.8 Å². The maximum atomic E-state index is 13.4. The second-order valence-electron chi connectivity index (χ2n) is 7.06. The van der Waals surface area contributed by atoms with Gasteiger partial charge in [0, 0.05) is 30.3 Å². The number of nitrogens with zero attached hydrogens (tertiary/aromatic N) is 2. The minimum Gasteiger partial charge on any atom is -0.495 e. The lowest BCUT2D eigenvalue weighted by Crippen LogP contribution is -2.32. The van der Waals surface area contributed by atoms with Gasteiger partial charge in [0.2, 0.25) is 0 Å². The molecule has 0 aliphatic carbocycles. The van der Waals surface area contributed by atoms with Crippen molar-refractivity contribution in [2.45, 2.75) is 0 Å². The summed E-state index contributed by atoms with van der Waals surface area (Å²) in [5.41, 5.74) is 2.70. The van der Waals surface area contributed by atoms with Gasteiger partial charge in [-0.3, -0.25) is 9.59 Å². The molecule has 0 saturated carbocycles. The lowest BCUT2D eigenvalue weighted by Gasteiger charge is -2.17. The van der Waals surface area contributed by atoms with E-state index in [0.717, 1.165) is 10.6 Å². The van der Waals surface area contributed by atoms with Crippen molar-refractivity contribution in [3.63, 3.8) is 0 Å². The molecule has 2 heterocycles. The maximum absolute atomic E-state index is 13.4. The number of thiophene rings is 1. The fraction of sp³-hybridized carbons (Fsp3) is 0.130. The molecule has 4 rings (SSSR count). The van der Waals surface area contributed by atoms with Gasteiger partial charge in [-0.25, -0.2) is 4.90 Å². The van der Waals surface area contributed by atoms with Gasteiger partial charge in [0.05, 0.1) is 23.4 Å². The van der Waals surface area contributed by atoms with Crippen molar-refractivity contribution in [1.29, 1.82) is 0 Å². The molecule has 2 amide bonds. The van der Waals surface area contributed by atoms with E-state index in [1.165, 1.54) is 18.4 Å². The zero-order valence-electron chi connectivity index (χ0n) is 17.2. The number of halogens is 1. The number of ether oxygens (including phenoxy) is 1. The molecule has 1 N–H and O–H groups in total. The summed E-state index contributed by atoms with van der Waals surface area (Å²) in [5, 5.41) is 5.35. The van der Waals surface area contributed by atoms with Gasteiger partial charge in [-0.1, -0.05) is 17.7 Å². The van der Waals surface area contributed by atoms with E-state index in [2.05, 4.69) is 5.32 Å². The van der Waals surface area contributed by atoms with Crippen LogP contribution in [0.15, 0.2) is 65.7 Å². The highest BCUT2D eigenvalue weighted by Gasteiger charge is 2.40. The summed E-state index contributed by atoms with van der Waals surface area (Å²) in [6.45, 7) is 0. The van der Waals surface area contributed by atoms with E-state index in [4.69, 9.17) is 16.3 Å². The molecule has 2 aromatic carbocycles. The molecule has 8 heteroatoms. The van der Waals surface area contributed by atoms with Gasteiger partial charge in [-0.2, -0.15) is 0 Å². The summed E-state index contributed by atoms with van der Waals surface area (Å²) in [4.78, 5) is 30.6. The third-order valence-electron chi connectivity index (χ3n) is 4.90. The Morgan fingerprint density at radius 3 is 2.35 bits per heavy atom. The quantitative estimate of drug-likeness (QED) is 0.539. The SMILES string of the molecule is COc1ccc(N2C(=O)C(Nc3ccc(N(C)C)cc3)=C(c3cccs3)C2=O)cc1Cl. The summed E-state index contributed by atoms with van der Waals surface area (Å²) in [6, 6.07) is 16.1. The number of amides is 2. The molecule has 158 valence electrons. The van der Waals surface area contributed by atoms with Crippen LogP contribution in [-0.4, -0.2) is 33.0 Å². The number of carbonyl (C=O) groups is 2. The molecule has 1 aliphatic heterocycles. The molecule has 0 saturated heterocycles. The van der Waals surface area contributed by atoms with E-state index < -0.39 is 11.8 Å². The van der Waals surface area contributed by atoms with Crippen LogP contribution in [-0.2, 0) is 9.59 Å². The molecular weight excluding hydrogens is 434 g/mol. The number of imide groups is 1. The number of hydrogen-bond acceptors (Lipinski definition) is 6. The lowest BCUT2D eigenvalue weighted by atomic mass is 10.1. The third-order valence-corrected chi connectivity index (χ3v) is 6.08. The average molecular weight is 454 g/mol. The first-order valence-electron chi connectivity index (χ1n) is 9.45. The van der Waals surface area contributed by atoms with Crippen LogP contribution < -0.4 is 19.9 Å². The number of carbonyl (C=O) groups excluding carboxylic acids is 2. The van der Waals surface area contributed by atoms with Crippen molar-refractivity contribution < 1.29 is 14.3 Å². The number of hydrogen-bond donors (Lipinski definition) is 1. The molecule has 0 atom stereocenters. The Hall–Kier alpha value is -3.29. The Labute approximate surface area is 189 Å². The zero-order valence-corrected chi connectivity index (χ0v) is 18.8. The number of anilines is 3. The highest BCUT2D eigenvalue weighted by molar-refractivity contribution is 7.11. The molecule has 0 spiro atoms. The van der Waals surface area contributed by atoms with Crippen molar-refractivity contribution in [1.82, 2.24) is 0 Å². The van der Waals surface area contributed by atoms with Crippen molar-refractivity contribution in [2.75, 3.05) is 36.3 Å². The number of benzene rings is 2. The van der Waals surface area contributed by atoms with Crippen molar-refractivity contribution >= 4 is 57.4 Å². The second kappa shape index (κ2) is 8.45. The molecule has 3 aromatic rings. The van der Waals surface area contributed by atoms with Gasteiger partial charge in [0.15, 0.2) is 0 Å². The van der Waals surface area contributed by atoms with Crippen LogP contribution in [0, 0.1) is 0 Å². The van der Waals surface area contributed by atoms with Crippen LogP contribution in [0.25, 0.3) is 5.57 Å². The predicted octanol–water partition coefficient (Wildman–Crippen LogP) is 4.87. The van der Waals surface area contributed by atoms with E-state index in [1.54, 1.807) is 18.2 Å². The van der Waals surface area contributed by atoms with Crippen LogP contribution in [0.5, 0.6) is 5.75 Å². The second-order valence-corrected chi connectivity index (χ2v) is 8.41. The van der Waals surface area contributed by atoms with Crippen LogP contribution in [0.1, 0.15) is 4.88 Å². The van der Waals surface area contributed by atoms with Crippen molar-refractivity contribution in [3.05, 3.63) is 75.6 Å². The lowest BCUT2D eigenvalue weighted by molar-refractivity contribution is -0.120. The smallest absolute Gasteiger partial charge is 0.282 e. The predicted molar refractivity (Wildman–Crippen MR) is 126 cm³/mol. The molecule has 0 bridgehead atoms. The summed E-state index contributed by atoms with van der Waals surface area (Å²) >= 11 is 7.64. The largest absolute Gasteiger partial charge is 0.495 e. The van der Waals surface area contributed by atoms with Crippen molar-refractivity contribution in [3.8, 4) is 5.75 Å². The zero-order chi connectivity index (χ0) is 22.1. The first-order chi connectivity index (χ1) is 14.9.